The number of nitrogens with one attached hydrogen (secondary N) is 2. The molecule has 5 heteroatoms. The summed E-state index contributed by atoms with van der Waals surface area (Å²) in [5.74, 6) is 0.527. The molecule has 0 saturated heterocycles. The Morgan fingerprint density at radius 2 is 2.33 bits per heavy atom. The molecule has 0 aliphatic carbocycles. The van der Waals surface area contributed by atoms with E-state index in [1.807, 2.05) is 6.07 Å². The molecule has 1 aromatic rings. The second-order valence-electron chi connectivity index (χ2n) is 2.30. The Morgan fingerprint density at radius 1 is 1.50 bits per heavy atom. The van der Waals surface area contributed by atoms with Crippen molar-refractivity contribution in [3.8, 4) is 0 Å². The molecule has 0 atom stereocenters. The lowest BCUT2D eigenvalue weighted by Gasteiger charge is -2.04. The predicted molar refractivity (Wildman–Crippen MR) is 54.1 cm³/mol. The number of hydrogen-bond acceptors (Lipinski definition) is 5. The third-order valence-corrected chi connectivity index (χ3v) is 1.57. The number of hydrogen-bond donors (Lipinski definition) is 4. The molecule has 0 radical (unpaired) electrons. The Kier molecular flexibility index (Phi) is 3.69. The molecule has 0 unspecified atom stereocenters. The maximum Gasteiger partial charge on any atom is 0.125 e. The lowest BCUT2D eigenvalue weighted by molar-refractivity contribution is 0.962. The molecule has 1 heterocycles. The lowest BCUT2D eigenvalue weighted by atomic mass is 10.4. The van der Waals surface area contributed by atoms with Crippen molar-refractivity contribution in [1.82, 2.24) is 9.71 Å². The van der Waals surface area contributed by atoms with Crippen molar-refractivity contribution >= 4 is 24.3 Å². The molecule has 0 aliphatic rings. The summed E-state index contributed by atoms with van der Waals surface area (Å²) in [4.78, 5) is 3.88. The van der Waals surface area contributed by atoms with Crippen LogP contribution in [0.25, 0.3) is 0 Å². The average Bonchev–Trinajstić information content (AvgIpc) is 2.05. The smallest absolute Gasteiger partial charge is 0.125 e. The normalized spacial score (nSPS) is 9.75. The minimum Gasteiger partial charge on any atom is -0.384 e. The van der Waals surface area contributed by atoms with Crippen LogP contribution in [-0.2, 0) is 0 Å². The van der Waals surface area contributed by atoms with Gasteiger partial charge in [0.2, 0.25) is 0 Å². The van der Waals surface area contributed by atoms with Crippen LogP contribution in [0.3, 0.4) is 0 Å². The number of nitrogen functional groups attached to an aromatic ring is 1. The summed E-state index contributed by atoms with van der Waals surface area (Å²) in [6.45, 7) is 1.61. The first kappa shape index (κ1) is 9.15. The van der Waals surface area contributed by atoms with Crippen molar-refractivity contribution < 1.29 is 0 Å². The van der Waals surface area contributed by atoms with Crippen LogP contribution in [0.5, 0.6) is 0 Å². The fourth-order valence-corrected chi connectivity index (χ4v) is 0.933. The Bertz CT molecular complexity index is 241. The van der Waals surface area contributed by atoms with Crippen molar-refractivity contribution in [2.45, 2.75) is 0 Å². The Hall–Kier alpha value is -0.940. The SMILES string of the molecule is Nc1cc(NCCNS)ccn1. The quantitative estimate of drug-likeness (QED) is 0.407. The minimum atomic E-state index is 0.527. The van der Waals surface area contributed by atoms with Crippen molar-refractivity contribution in [3.63, 3.8) is 0 Å². The molecule has 66 valence electrons. The van der Waals surface area contributed by atoms with Crippen LogP contribution in [0.4, 0.5) is 11.5 Å². The van der Waals surface area contributed by atoms with E-state index in [1.165, 1.54) is 0 Å². The highest BCUT2D eigenvalue weighted by Crippen LogP contribution is 2.07. The summed E-state index contributed by atoms with van der Waals surface area (Å²) < 4.78 is 2.74. The highest BCUT2D eigenvalue weighted by atomic mass is 32.1. The lowest BCUT2D eigenvalue weighted by Crippen LogP contribution is -2.14. The van der Waals surface area contributed by atoms with Gasteiger partial charge in [-0.15, -0.1) is 0 Å². The zero-order chi connectivity index (χ0) is 8.81. The summed E-state index contributed by atoms with van der Waals surface area (Å²) >= 11 is 3.86. The molecular weight excluding hydrogens is 172 g/mol. The maximum absolute atomic E-state index is 5.48. The first-order valence-electron chi connectivity index (χ1n) is 3.65. The Morgan fingerprint density at radius 3 is 3.00 bits per heavy atom. The topological polar surface area (TPSA) is 63.0 Å². The first-order chi connectivity index (χ1) is 5.83. The number of pyridine rings is 1. The molecule has 1 aromatic heterocycles. The van der Waals surface area contributed by atoms with Gasteiger partial charge in [-0.25, -0.2) is 4.98 Å². The van der Waals surface area contributed by atoms with Gasteiger partial charge < -0.3 is 11.1 Å². The van der Waals surface area contributed by atoms with Gasteiger partial charge in [-0.2, -0.15) is 0 Å². The minimum absolute atomic E-state index is 0.527. The Labute approximate surface area is 77.1 Å². The van der Waals surface area contributed by atoms with Gasteiger partial charge in [0.05, 0.1) is 0 Å². The number of aromatic nitrogens is 1. The van der Waals surface area contributed by atoms with Crippen LogP contribution in [0, 0.1) is 0 Å². The third-order valence-electron chi connectivity index (χ3n) is 1.35. The van der Waals surface area contributed by atoms with Crippen LogP contribution in [0.2, 0.25) is 0 Å². The van der Waals surface area contributed by atoms with Gasteiger partial charge in [0.15, 0.2) is 0 Å². The first-order valence-corrected chi connectivity index (χ1v) is 4.10. The summed E-state index contributed by atoms with van der Waals surface area (Å²) in [5.41, 5.74) is 6.46. The van der Waals surface area contributed by atoms with Crippen molar-refractivity contribution in [1.29, 1.82) is 0 Å². The second kappa shape index (κ2) is 4.84. The van der Waals surface area contributed by atoms with E-state index in [1.54, 1.807) is 12.3 Å². The van der Waals surface area contributed by atoms with E-state index >= 15 is 0 Å². The van der Waals surface area contributed by atoms with Crippen molar-refractivity contribution in [2.75, 3.05) is 24.1 Å². The van der Waals surface area contributed by atoms with Crippen molar-refractivity contribution in [2.24, 2.45) is 0 Å². The van der Waals surface area contributed by atoms with Gasteiger partial charge in [-0.1, -0.05) is 12.8 Å². The average molecular weight is 184 g/mol. The molecular formula is C7H12N4S. The number of nitrogens with two attached hydrogens (primary N) is 1. The molecule has 0 amide bonds. The summed E-state index contributed by atoms with van der Waals surface area (Å²) in [6, 6.07) is 3.66. The zero-order valence-corrected chi connectivity index (χ0v) is 7.51. The molecule has 4 N–H and O–H groups in total. The molecule has 0 aliphatic heterocycles. The van der Waals surface area contributed by atoms with E-state index in [2.05, 4.69) is 27.8 Å². The monoisotopic (exact) mass is 184 g/mol. The third kappa shape index (κ3) is 2.98. The number of thiol groups is 1. The van der Waals surface area contributed by atoms with Crippen LogP contribution in [0.15, 0.2) is 18.3 Å². The zero-order valence-electron chi connectivity index (χ0n) is 6.62. The van der Waals surface area contributed by atoms with E-state index in [0.29, 0.717) is 5.82 Å². The fourth-order valence-electron chi connectivity index (χ4n) is 0.821. The molecule has 0 bridgehead atoms. The van der Waals surface area contributed by atoms with E-state index < -0.39 is 0 Å². The summed E-state index contributed by atoms with van der Waals surface area (Å²) in [7, 11) is 0. The van der Waals surface area contributed by atoms with E-state index in [9.17, 15) is 0 Å². The van der Waals surface area contributed by atoms with Crippen LogP contribution in [0.1, 0.15) is 0 Å². The standard InChI is InChI=1S/C7H12N4S/c8-7-5-6(1-2-10-7)9-3-4-11-12/h1-2,5,11-12H,3-4H2,(H3,8,9,10). The number of rotatable bonds is 4. The molecule has 12 heavy (non-hydrogen) atoms. The van der Waals surface area contributed by atoms with Gasteiger partial charge in [0.1, 0.15) is 5.82 Å². The van der Waals surface area contributed by atoms with Gasteiger partial charge in [0.25, 0.3) is 0 Å². The highest BCUT2D eigenvalue weighted by molar-refractivity contribution is 7.78. The fraction of sp³-hybridized carbons (Fsp3) is 0.286. The van der Waals surface area contributed by atoms with E-state index in [0.717, 1.165) is 18.8 Å². The van der Waals surface area contributed by atoms with Gasteiger partial charge in [-0.3, -0.25) is 4.72 Å². The Balaban J connectivity index is 2.41. The van der Waals surface area contributed by atoms with Gasteiger partial charge in [-0.05, 0) is 6.07 Å². The molecule has 1 rings (SSSR count). The van der Waals surface area contributed by atoms with Crippen LogP contribution < -0.4 is 15.8 Å². The van der Waals surface area contributed by atoms with Gasteiger partial charge in [0, 0.05) is 31.0 Å². The molecule has 0 spiro atoms. The molecule has 0 fully saturated rings. The predicted octanol–water partition coefficient (Wildman–Crippen LogP) is 0.510. The van der Waals surface area contributed by atoms with Crippen LogP contribution in [-0.4, -0.2) is 18.1 Å². The number of nitrogens with zero attached hydrogens (tertiary/aromatic N) is 1. The molecule has 0 saturated carbocycles. The summed E-state index contributed by atoms with van der Waals surface area (Å²) in [5, 5.41) is 3.16. The van der Waals surface area contributed by atoms with E-state index in [-0.39, 0.29) is 0 Å². The maximum atomic E-state index is 5.48. The van der Waals surface area contributed by atoms with Crippen molar-refractivity contribution in [3.05, 3.63) is 18.3 Å². The second-order valence-corrected chi connectivity index (χ2v) is 2.62. The number of anilines is 2. The highest BCUT2D eigenvalue weighted by Gasteiger charge is 1.91. The largest absolute Gasteiger partial charge is 0.384 e. The van der Waals surface area contributed by atoms with Crippen LogP contribution >= 0.6 is 12.8 Å². The molecule has 4 nitrogen and oxygen atoms in total. The molecule has 0 aromatic carbocycles. The summed E-state index contributed by atoms with van der Waals surface area (Å²) in [6.07, 6.45) is 1.67. The van der Waals surface area contributed by atoms with E-state index in [4.69, 9.17) is 5.73 Å². The van der Waals surface area contributed by atoms with Gasteiger partial charge >= 0.3 is 0 Å².